The molecule has 0 unspecified atom stereocenters. The molecular formula is C20H14F4N6O. The zero-order chi connectivity index (χ0) is 22.0. The first-order chi connectivity index (χ1) is 14.8. The van der Waals surface area contributed by atoms with Crippen LogP contribution >= 0.6 is 0 Å². The van der Waals surface area contributed by atoms with E-state index < -0.39 is 23.2 Å². The standard InChI is InChI=1S/C20H14F4N6O/c21-15-5-3-11(8-14(15)20(22,23)24)10-26-17-28-18(30-19(31)29-17)27-13-4-6-16-12(9-13)2-1-7-25-16/h1-9H,10H2,(H3,26,27,28,29,30,31). The summed E-state index contributed by atoms with van der Waals surface area (Å²) < 4.78 is 52.0. The third-order valence-electron chi connectivity index (χ3n) is 4.30. The average Bonchev–Trinajstić information content (AvgIpc) is 2.72. The smallest absolute Gasteiger partial charge is 0.350 e. The quantitative estimate of drug-likeness (QED) is 0.410. The van der Waals surface area contributed by atoms with E-state index in [9.17, 15) is 22.4 Å². The minimum atomic E-state index is -4.81. The van der Waals surface area contributed by atoms with Crippen molar-refractivity contribution in [1.29, 1.82) is 0 Å². The van der Waals surface area contributed by atoms with Crippen LogP contribution in [0.2, 0.25) is 0 Å². The molecule has 0 aliphatic carbocycles. The second-order valence-electron chi connectivity index (χ2n) is 6.53. The number of fused-ring (bicyclic) bond motifs is 1. The van der Waals surface area contributed by atoms with Crippen LogP contribution in [0.1, 0.15) is 11.1 Å². The molecule has 0 atom stereocenters. The van der Waals surface area contributed by atoms with E-state index in [0.717, 1.165) is 17.0 Å². The lowest BCUT2D eigenvalue weighted by Crippen LogP contribution is -2.18. The Kier molecular flexibility index (Phi) is 5.24. The summed E-state index contributed by atoms with van der Waals surface area (Å²) in [5, 5.41) is 6.49. The van der Waals surface area contributed by atoms with Crippen molar-refractivity contribution in [3.05, 3.63) is 82.2 Å². The van der Waals surface area contributed by atoms with Crippen LogP contribution in [0.25, 0.3) is 10.9 Å². The third-order valence-corrected chi connectivity index (χ3v) is 4.30. The van der Waals surface area contributed by atoms with Gasteiger partial charge in [0.2, 0.25) is 11.9 Å². The number of alkyl halides is 3. The summed E-state index contributed by atoms with van der Waals surface area (Å²) in [6.45, 7) is -0.145. The second-order valence-corrected chi connectivity index (χ2v) is 6.53. The van der Waals surface area contributed by atoms with Gasteiger partial charge in [0.25, 0.3) is 0 Å². The van der Waals surface area contributed by atoms with Gasteiger partial charge < -0.3 is 10.6 Å². The van der Waals surface area contributed by atoms with Crippen molar-refractivity contribution in [2.45, 2.75) is 12.7 Å². The highest BCUT2D eigenvalue weighted by Crippen LogP contribution is 2.32. The Morgan fingerprint density at radius 3 is 2.68 bits per heavy atom. The largest absolute Gasteiger partial charge is 0.419 e. The van der Waals surface area contributed by atoms with Gasteiger partial charge in [-0.15, -0.1) is 0 Å². The van der Waals surface area contributed by atoms with Crippen molar-refractivity contribution in [3.63, 3.8) is 0 Å². The summed E-state index contributed by atoms with van der Waals surface area (Å²) in [4.78, 5) is 26.3. The van der Waals surface area contributed by atoms with Crippen LogP contribution in [-0.4, -0.2) is 19.9 Å². The number of aromatic nitrogens is 4. The zero-order valence-electron chi connectivity index (χ0n) is 15.7. The minimum Gasteiger partial charge on any atom is -0.350 e. The van der Waals surface area contributed by atoms with E-state index >= 15 is 0 Å². The highest BCUT2D eigenvalue weighted by atomic mass is 19.4. The predicted molar refractivity (Wildman–Crippen MR) is 106 cm³/mol. The van der Waals surface area contributed by atoms with Crippen molar-refractivity contribution in [1.82, 2.24) is 19.9 Å². The van der Waals surface area contributed by atoms with Crippen LogP contribution in [0.4, 0.5) is 35.1 Å². The molecule has 0 saturated carbocycles. The predicted octanol–water partition coefficient (Wildman–Crippen LogP) is 4.23. The Bertz CT molecular complexity index is 1300. The van der Waals surface area contributed by atoms with Gasteiger partial charge in [-0.1, -0.05) is 12.1 Å². The molecule has 158 valence electrons. The van der Waals surface area contributed by atoms with Gasteiger partial charge in [-0.2, -0.15) is 23.1 Å². The normalized spacial score (nSPS) is 11.5. The fourth-order valence-electron chi connectivity index (χ4n) is 2.89. The highest BCUT2D eigenvalue weighted by molar-refractivity contribution is 5.82. The molecule has 0 radical (unpaired) electrons. The number of pyridine rings is 1. The molecule has 2 aromatic carbocycles. The van der Waals surface area contributed by atoms with Gasteiger partial charge in [0.15, 0.2) is 0 Å². The van der Waals surface area contributed by atoms with Gasteiger partial charge in [0, 0.05) is 23.8 Å². The molecule has 3 N–H and O–H groups in total. The molecule has 2 aromatic heterocycles. The molecule has 0 saturated heterocycles. The van der Waals surface area contributed by atoms with Gasteiger partial charge in [0.1, 0.15) is 5.82 Å². The Balaban J connectivity index is 1.52. The maximum Gasteiger partial charge on any atom is 0.419 e. The monoisotopic (exact) mass is 430 g/mol. The van der Waals surface area contributed by atoms with Gasteiger partial charge in [-0.3, -0.25) is 9.97 Å². The summed E-state index contributed by atoms with van der Waals surface area (Å²) in [6, 6.07) is 11.7. The molecule has 7 nitrogen and oxygen atoms in total. The molecule has 0 aliphatic rings. The van der Waals surface area contributed by atoms with Crippen LogP contribution in [0, 0.1) is 5.82 Å². The number of hydrogen-bond donors (Lipinski definition) is 3. The summed E-state index contributed by atoms with van der Waals surface area (Å²) in [5.74, 6) is -1.38. The van der Waals surface area contributed by atoms with E-state index in [-0.39, 0.29) is 24.0 Å². The first-order valence-electron chi connectivity index (χ1n) is 8.97. The lowest BCUT2D eigenvalue weighted by Gasteiger charge is -2.11. The number of nitrogens with one attached hydrogen (secondary N) is 3. The van der Waals surface area contributed by atoms with Crippen molar-refractivity contribution in [2.75, 3.05) is 10.6 Å². The first-order valence-corrected chi connectivity index (χ1v) is 8.97. The Hall–Kier alpha value is -4.02. The van der Waals surface area contributed by atoms with Gasteiger partial charge >= 0.3 is 11.9 Å². The van der Waals surface area contributed by atoms with Crippen molar-refractivity contribution >= 4 is 28.5 Å². The number of H-pyrrole nitrogens is 1. The fraction of sp³-hybridized carbons (Fsp3) is 0.100. The minimum absolute atomic E-state index is 0.0841. The molecule has 4 rings (SSSR count). The SMILES string of the molecule is O=c1nc(NCc2ccc(F)c(C(F)(F)F)c2)nc(Nc2ccc3ncccc3c2)[nH]1. The summed E-state index contributed by atoms with van der Waals surface area (Å²) >= 11 is 0. The van der Waals surface area contributed by atoms with E-state index in [0.29, 0.717) is 11.8 Å². The Morgan fingerprint density at radius 2 is 1.87 bits per heavy atom. The third kappa shape index (κ3) is 4.77. The van der Waals surface area contributed by atoms with Crippen LogP contribution in [-0.2, 0) is 12.7 Å². The second kappa shape index (κ2) is 8.01. The summed E-state index contributed by atoms with van der Waals surface area (Å²) in [6.07, 6.45) is -3.14. The molecule has 0 spiro atoms. The highest BCUT2D eigenvalue weighted by Gasteiger charge is 2.34. The molecular weight excluding hydrogens is 416 g/mol. The van der Waals surface area contributed by atoms with Crippen LogP contribution < -0.4 is 16.3 Å². The van der Waals surface area contributed by atoms with E-state index in [1.54, 1.807) is 24.4 Å². The molecule has 0 aliphatic heterocycles. The molecule has 0 bridgehead atoms. The molecule has 11 heteroatoms. The van der Waals surface area contributed by atoms with Crippen LogP contribution in [0.15, 0.2) is 59.5 Å². The molecule has 0 amide bonds. The fourth-order valence-corrected chi connectivity index (χ4v) is 2.89. The first kappa shape index (κ1) is 20.3. The van der Waals surface area contributed by atoms with E-state index in [4.69, 9.17) is 0 Å². The zero-order valence-corrected chi connectivity index (χ0v) is 15.7. The lowest BCUT2D eigenvalue weighted by molar-refractivity contribution is -0.140. The number of hydrogen-bond acceptors (Lipinski definition) is 6. The molecule has 4 aromatic rings. The number of nitrogens with zero attached hydrogens (tertiary/aromatic N) is 3. The lowest BCUT2D eigenvalue weighted by atomic mass is 10.1. The number of rotatable bonds is 5. The maximum atomic E-state index is 13.4. The number of benzene rings is 2. The Morgan fingerprint density at radius 1 is 1.03 bits per heavy atom. The average molecular weight is 430 g/mol. The molecule has 0 fully saturated rings. The van der Waals surface area contributed by atoms with Crippen LogP contribution in [0.3, 0.4) is 0 Å². The number of halogens is 4. The number of aromatic amines is 1. The topological polar surface area (TPSA) is 95.6 Å². The van der Waals surface area contributed by atoms with E-state index in [2.05, 4.69) is 30.6 Å². The van der Waals surface area contributed by atoms with E-state index in [1.807, 2.05) is 12.1 Å². The van der Waals surface area contributed by atoms with Crippen molar-refractivity contribution < 1.29 is 17.6 Å². The number of anilines is 3. The maximum absolute atomic E-state index is 13.4. The van der Waals surface area contributed by atoms with E-state index in [1.165, 1.54) is 6.07 Å². The van der Waals surface area contributed by atoms with Crippen molar-refractivity contribution in [2.24, 2.45) is 0 Å². The van der Waals surface area contributed by atoms with Crippen molar-refractivity contribution in [3.8, 4) is 0 Å². The Labute approximate surface area is 172 Å². The summed E-state index contributed by atoms with van der Waals surface area (Å²) in [5.41, 5.74) is -0.503. The molecule has 2 heterocycles. The van der Waals surface area contributed by atoms with Gasteiger partial charge in [0.05, 0.1) is 11.1 Å². The molecule has 31 heavy (non-hydrogen) atoms. The van der Waals surface area contributed by atoms with Gasteiger partial charge in [-0.25, -0.2) is 9.18 Å². The summed E-state index contributed by atoms with van der Waals surface area (Å²) in [7, 11) is 0. The van der Waals surface area contributed by atoms with Crippen LogP contribution in [0.5, 0.6) is 0 Å². The van der Waals surface area contributed by atoms with Gasteiger partial charge in [-0.05, 0) is 42.0 Å².